The highest BCUT2D eigenvalue weighted by atomic mass is 35.5. The number of rotatable bonds is 4. The molecule has 2 heterocycles. The number of nitrogen functional groups attached to an aromatic ring is 1. The lowest BCUT2D eigenvalue weighted by atomic mass is 10.2. The zero-order valence-electron chi connectivity index (χ0n) is 11.0. The molecular formula is C14H12ClN5S. The van der Waals surface area contributed by atoms with Crippen molar-refractivity contribution in [1.82, 2.24) is 15.0 Å². The third-order valence-electron chi connectivity index (χ3n) is 2.92. The molecule has 0 fully saturated rings. The Labute approximate surface area is 130 Å². The molecule has 0 aliphatic rings. The molecule has 0 aliphatic heterocycles. The Morgan fingerprint density at radius 3 is 2.86 bits per heavy atom. The molecule has 0 bridgehead atoms. The molecule has 7 heteroatoms. The van der Waals surface area contributed by atoms with Crippen molar-refractivity contribution in [2.24, 2.45) is 5.84 Å². The smallest absolute Gasteiger partial charge is 0.140 e. The maximum atomic E-state index is 6.16. The summed E-state index contributed by atoms with van der Waals surface area (Å²) in [7, 11) is 0. The van der Waals surface area contributed by atoms with Gasteiger partial charge in [-0.15, -0.1) is 0 Å². The highest BCUT2D eigenvalue weighted by molar-refractivity contribution is 7.98. The van der Waals surface area contributed by atoms with E-state index in [1.165, 1.54) is 0 Å². The van der Waals surface area contributed by atoms with E-state index in [0.29, 0.717) is 16.6 Å². The van der Waals surface area contributed by atoms with Gasteiger partial charge in [-0.1, -0.05) is 41.6 Å². The highest BCUT2D eigenvalue weighted by Gasteiger charge is 2.08. The van der Waals surface area contributed by atoms with E-state index >= 15 is 0 Å². The molecule has 0 radical (unpaired) electrons. The lowest BCUT2D eigenvalue weighted by molar-refractivity contribution is 1.09. The van der Waals surface area contributed by atoms with Crippen molar-refractivity contribution in [3.05, 3.63) is 53.4 Å². The Balaban J connectivity index is 1.87. The third-order valence-corrected chi connectivity index (χ3v) is 4.28. The van der Waals surface area contributed by atoms with Crippen molar-refractivity contribution < 1.29 is 0 Å². The molecule has 0 spiro atoms. The van der Waals surface area contributed by atoms with E-state index in [4.69, 9.17) is 17.4 Å². The van der Waals surface area contributed by atoms with Gasteiger partial charge in [-0.25, -0.2) is 20.8 Å². The minimum atomic E-state index is 0.586. The molecule has 0 amide bonds. The number of benzene rings is 1. The SMILES string of the molecule is NNc1ccc(Cl)c(CSc2ncnc3ccccc23)n1. The molecule has 2 aromatic heterocycles. The highest BCUT2D eigenvalue weighted by Crippen LogP contribution is 2.29. The summed E-state index contributed by atoms with van der Waals surface area (Å²) in [5.74, 6) is 6.56. The van der Waals surface area contributed by atoms with Crippen LogP contribution in [0.5, 0.6) is 0 Å². The van der Waals surface area contributed by atoms with Gasteiger partial charge in [0.25, 0.3) is 0 Å². The molecule has 5 nitrogen and oxygen atoms in total. The largest absolute Gasteiger partial charge is 0.308 e. The van der Waals surface area contributed by atoms with Crippen LogP contribution in [-0.4, -0.2) is 15.0 Å². The minimum Gasteiger partial charge on any atom is -0.308 e. The summed E-state index contributed by atoms with van der Waals surface area (Å²) >= 11 is 7.73. The molecule has 0 unspecified atom stereocenters. The first-order valence-corrected chi connectivity index (χ1v) is 7.59. The fourth-order valence-electron chi connectivity index (χ4n) is 1.90. The van der Waals surface area contributed by atoms with Gasteiger partial charge in [-0.3, -0.25) is 0 Å². The number of nitrogens with two attached hydrogens (primary N) is 1. The molecule has 0 atom stereocenters. The second-order valence-electron chi connectivity index (χ2n) is 4.25. The molecule has 106 valence electrons. The number of fused-ring (bicyclic) bond motifs is 1. The van der Waals surface area contributed by atoms with Gasteiger partial charge in [0.2, 0.25) is 0 Å². The number of para-hydroxylation sites is 1. The van der Waals surface area contributed by atoms with Crippen LogP contribution in [0, 0.1) is 0 Å². The normalized spacial score (nSPS) is 10.8. The number of nitrogens with one attached hydrogen (secondary N) is 1. The van der Waals surface area contributed by atoms with Crippen LogP contribution in [0.25, 0.3) is 10.9 Å². The van der Waals surface area contributed by atoms with Crippen molar-refractivity contribution in [3.63, 3.8) is 0 Å². The summed E-state index contributed by atoms with van der Waals surface area (Å²) < 4.78 is 0. The lowest BCUT2D eigenvalue weighted by Gasteiger charge is -2.07. The molecule has 0 aliphatic carbocycles. The maximum absolute atomic E-state index is 6.16. The molecule has 0 saturated heterocycles. The third kappa shape index (κ3) is 3.07. The lowest BCUT2D eigenvalue weighted by Crippen LogP contribution is -2.09. The summed E-state index contributed by atoms with van der Waals surface area (Å²) in [5, 5.41) is 2.54. The van der Waals surface area contributed by atoms with E-state index in [-0.39, 0.29) is 0 Å². The van der Waals surface area contributed by atoms with Crippen molar-refractivity contribution >= 4 is 40.1 Å². The summed E-state index contributed by atoms with van der Waals surface area (Å²) in [6.45, 7) is 0. The second-order valence-corrected chi connectivity index (χ2v) is 5.63. The Morgan fingerprint density at radius 1 is 1.14 bits per heavy atom. The number of pyridine rings is 1. The Morgan fingerprint density at radius 2 is 2.00 bits per heavy atom. The zero-order valence-corrected chi connectivity index (χ0v) is 12.5. The van der Waals surface area contributed by atoms with Crippen LogP contribution in [0.1, 0.15) is 5.69 Å². The van der Waals surface area contributed by atoms with Crippen molar-refractivity contribution in [1.29, 1.82) is 0 Å². The monoisotopic (exact) mass is 317 g/mol. The van der Waals surface area contributed by atoms with Gasteiger partial charge in [0.15, 0.2) is 0 Å². The number of halogens is 1. The van der Waals surface area contributed by atoms with Crippen LogP contribution in [0.3, 0.4) is 0 Å². The van der Waals surface area contributed by atoms with Crippen LogP contribution in [0.4, 0.5) is 5.82 Å². The van der Waals surface area contributed by atoms with E-state index in [1.54, 1.807) is 30.2 Å². The average molecular weight is 318 g/mol. The summed E-state index contributed by atoms with van der Waals surface area (Å²) in [6.07, 6.45) is 1.57. The first-order valence-electron chi connectivity index (χ1n) is 6.22. The van der Waals surface area contributed by atoms with E-state index in [0.717, 1.165) is 21.6 Å². The van der Waals surface area contributed by atoms with Crippen molar-refractivity contribution in [2.45, 2.75) is 10.8 Å². The minimum absolute atomic E-state index is 0.586. The molecule has 3 aromatic rings. The van der Waals surface area contributed by atoms with E-state index < -0.39 is 0 Å². The molecule has 3 rings (SSSR count). The van der Waals surface area contributed by atoms with Crippen molar-refractivity contribution in [3.8, 4) is 0 Å². The van der Waals surface area contributed by atoms with Crippen LogP contribution >= 0.6 is 23.4 Å². The number of nitrogens with zero attached hydrogens (tertiary/aromatic N) is 3. The maximum Gasteiger partial charge on any atom is 0.140 e. The van der Waals surface area contributed by atoms with Crippen LogP contribution in [0.15, 0.2) is 47.8 Å². The van der Waals surface area contributed by atoms with E-state index in [1.807, 2.05) is 24.3 Å². The predicted molar refractivity (Wildman–Crippen MR) is 86.2 cm³/mol. The van der Waals surface area contributed by atoms with Gasteiger partial charge in [0, 0.05) is 11.1 Å². The van der Waals surface area contributed by atoms with Gasteiger partial charge in [0.05, 0.1) is 16.2 Å². The number of anilines is 1. The average Bonchev–Trinajstić information content (AvgIpc) is 2.54. The molecule has 1 aromatic carbocycles. The van der Waals surface area contributed by atoms with Gasteiger partial charge in [-0.2, -0.15) is 0 Å². The molecule has 21 heavy (non-hydrogen) atoms. The van der Waals surface area contributed by atoms with Gasteiger partial charge in [-0.05, 0) is 18.2 Å². The van der Waals surface area contributed by atoms with Crippen molar-refractivity contribution in [2.75, 3.05) is 5.43 Å². The Bertz CT molecular complexity index is 775. The predicted octanol–water partition coefficient (Wildman–Crippen LogP) is 3.26. The van der Waals surface area contributed by atoms with E-state index in [9.17, 15) is 0 Å². The summed E-state index contributed by atoms with van der Waals surface area (Å²) in [4.78, 5) is 12.9. The molecule has 3 N–H and O–H groups in total. The van der Waals surface area contributed by atoms with Gasteiger partial charge < -0.3 is 5.43 Å². The number of hydrogen-bond acceptors (Lipinski definition) is 6. The topological polar surface area (TPSA) is 76.7 Å². The fourth-order valence-corrected chi connectivity index (χ4v) is 3.09. The van der Waals surface area contributed by atoms with Crippen LogP contribution in [0.2, 0.25) is 5.02 Å². The fraction of sp³-hybridized carbons (Fsp3) is 0.0714. The summed E-state index contributed by atoms with van der Waals surface area (Å²) in [5.41, 5.74) is 4.20. The van der Waals surface area contributed by atoms with Crippen LogP contribution < -0.4 is 11.3 Å². The number of hydrogen-bond donors (Lipinski definition) is 2. The number of hydrazine groups is 1. The quantitative estimate of drug-likeness (QED) is 0.333. The first kappa shape index (κ1) is 14.1. The van der Waals surface area contributed by atoms with E-state index in [2.05, 4.69) is 20.4 Å². The standard InChI is InChI=1S/C14H12ClN5S/c15-10-5-6-13(20-16)19-12(10)7-21-14-9-3-1-2-4-11(9)17-8-18-14/h1-6,8H,7,16H2,(H,19,20). The number of aromatic nitrogens is 3. The second kappa shape index (κ2) is 6.26. The Kier molecular flexibility index (Phi) is 4.19. The first-order chi connectivity index (χ1) is 10.3. The Hall–Kier alpha value is -1.89. The van der Waals surface area contributed by atoms with Gasteiger partial charge in [0.1, 0.15) is 17.2 Å². The molecule has 0 saturated carbocycles. The number of thioether (sulfide) groups is 1. The van der Waals surface area contributed by atoms with Gasteiger partial charge >= 0.3 is 0 Å². The van der Waals surface area contributed by atoms with Crippen LogP contribution in [-0.2, 0) is 5.75 Å². The molecular weight excluding hydrogens is 306 g/mol. The summed E-state index contributed by atoms with van der Waals surface area (Å²) in [6, 6.07) is 11.4. The zero-order chi connectivity index (χ0) is 14.7.